The van der Waals surface area contributed by atoms with Crippen molar-refractivity contribution in [1.29, 1.82) is 0 Å². The third kappa shape index (κ3) is 2.74. The maximum Gasteiger partial charge on any atom is 0.198 e. The van der Waals surface area contributed by atoms with Crippen LogP contribution in [0.2, 0.25) is 0 Å². The summed E-state index contributed by atoms with van der Waals surface area (Å²) in [6.07, 6.45) is 1.90. The van der Waals surface area contributed by atoms with Crippen LogP contribution in [0.5, 0.6) is 5.75 Å². The molecule has 2 aromatic rings. The fraction of sp³-hybridized carbons (Fsp3) is 0.357. The van der Waals surface area contributed by atoms with Crippen LogP contribution in [-0.2, 0) is 9.84 Å². The summed E-state index contributed by atoms with van der Waals surface area (Å²) in [7, 11) is -1.96. The van der Waals surface area contributed by atoms with Gasteiger partial charge < -0.3 is 4.74 Å². The molecule has 1 atom stereocenters. The van der Waals surface area contributed by atoms with Gasteiger partial charge in [0, 0.05) is 17.5 Å². The minimum atomic E-state index is -3.50. The summed E-state index contributed by atoms with van der Waals surface area (Å²) in [4.78, 5) is 4.07. The monoisotopic (exact) mass is 313 g/mol. The largest absolute Gasteiger partial charge is 0.497 e. The smallest absolute Gasteiger partial charge is 0.198 e. The molecule has 0 radical (unpaired) electrons. The lowest BCUT2D eigenvalue weighted by molar-refractivity contribution is 0.415. The molecule has 0 aliphatic rings. The Morgan fingerprint density at radius 1 is 1.35 bits per heavy atom. The van der Waals surface area contributed by atoms with E-state index in [0.29, 0.717) is 23.4 Å². The number of sulfone groups is 1. The van der Waals surface area contributed by atoms with Crippen LogP contribution in [-0.4, -0.2) is 31.6 Å². The second kappa shape index (κ2) is 5.97. The molecular formula is C14H16ClNO3S. The van der Waals surface area contributed by atoms with Gasteiger partial charge in [-0.2, -0.15) is 0 Å². The topological polar surface area (TPSA) is 56.3 Å². The quantitative estimate of drug-likeness (QED) is 0.796. The van der Waals surface area contributed by atoms with Crippen molar-refractivity contribution in [2.75, 3.05) is 13.0 Å². The standard InChI is InChI=1S/C14H16ClNO3S/c1-10(5-7-15)20(17,18)14-13-9-12(19-2)4-3-11(13)6-8-16-14/h3-4,6,8-10H,5,7H2,1-2H3. The van der Waals surface area contributed by atoms with E-state index in [4.69, 9.17) is 16.3 Å². The normalized spacial score (nSPS) is 13.3. The molecule has 108 valence electrons. The average Bonchev–Trinajstić information content (AvgIpc) is 2.46. The highest BCUT2D eigenvalue weighted by Gasteiger charge is 2.26. The number of benzene rings is 1. The Morgan fingerprint density at radius 2 is 2.10 bits per heavy atom. The zero-order valence-corrected chi connectivity index (χ0v) is 12.9. The van der Waals surface area contributed by atoms with Crippen molar-refractivity contribution >= 4 is 32.2 Å². The molecule has 0 fully saturated rings. The highest BCUT2D eigenvalue weighted by atomic mass is 35.5. The molecule has 0 N–H and O–H groups in total. The van der Waals surface area contributed by atoms with Crippen molar-refractivity contribution in [3.8, 4) is 5.75 Å². The van der Waals surface area contributed by atoms with Gasteiger partial charge in [-0.15, -0.1) is 11.6 Å². The summed E-state index contributed by atoms with van der Waals surface area (Å²) >= 11 is 5.65. The Balaban J connectivity index is 2.64. The Labute approximate surface area is 123 Å². The van der Waals surface area contributed by atoms with Crippen molar-refractivity contribution in [3.05, 3.63) is 30.5 Å². The van der Waals surface area contributed by atoms with Gasteiger partial charge in [0.1, 0.15) is 5.75 Å². The molecule has 0 aliphatic heterocycles. The minimum Gasteiger partial charge on any atom is -0.497 e. The fourth-order valence-corrected chi connectivity index (χ4v) is 3.93. The number of pyridine rings is 1. The van der Waals surface area contributed by atoms with Gasteiger partial charge in [-0.1, -0.05) is 6.07 Å². The number of nitrogens with zero attached hydrogens (tertiary/aromatic N) is 1. The molecule has 0 spiro atoms. The highest BCUT2D eigenvalue weighted by molar-refractivity contribution is 7.92. The van der Waals surface area contributed by atoms with E-state index in [0.717, 1.165) is 5.39 Å². The molecule has 0 saturated carbocycles. The van der Waals surface area contributed by atoms with E-state index in [9.17, 15) is 8.42 Å². The van der Waals surface area contributed by atoms with E-state index in [1.807, 2.05) is 6.07 Å². The predicted octanol–water partition coefficient (Wildman–Crippen LogP) is 3.03. The number of hydrogen-bond donors (Lipinski definition) is 0. The lowest BCUT2D eigenvalue weighted by Gasteiger charge is -2.13. The van der Waals surface area contributed by atoms with Crippen molar-refractivity contribution in [2.24, 2.45) is 0 Å². The van der Waals surface area contributed by atoms with Crippen LogP contribution in [0.15, 0.2) is 35.5 Å². The molecule has 1 heterocycles. The lowest BCUT2D eigenvalue weighted by atomic mass is 10.2. The fourth-order valence-electron chi connectivity index (χ4n) is 1.97. The van der Waals surface area contributed by atoms with Crippen LogP contribution < -0.4 is 4.74 Å². The van der Waals surface area contributed by atoms with Crippen LogP contribution in [0, 0.1) is 0 Å². The number of rotatable bonds is 5. The number of fused-ring (bicyclic) bond motifs is 1. The first-order valence-electron chi connectivity index (χ1n) is 6.23. The Bertz CT molecular complexity index is 715. The molecule has 1 aromatic heterocycles. The van der Waals surface area contributed by atoms with Crippen LogP contribution in [0.1, 0.15) is 13.3 Å². The van der Waals surface area contributed by atoms with Crippen LogP contribution >= 0.6 is 11.6 Å². The molecule has 4 nitrogen and oxygen atoms in total. The number of methoxy groups -OCH3 is 1. The SMILES string of the molecule is COc1ccc2ccnc(S(=O)(=O)C(C)CCCl)c2c1. The summed E-state index contributed by atoms with van der Waals surface area (Å²) in [6.45, 7) is 1.65. The van der Waals surface area contributed by atoms with Gasteiger partial charge in [-0.05, 0) is 36.9 Å². The number of halogens is 1. The van der Waals surface area contributed by atoms with Gasteiger partial charge in [0.2, 0.25) is 0 Å². The van der Waals surface area contributed by atoms with Crippen LogP contribution in [0.25, 0.3) is 10.8 Å². The molecule has 0 saturated heterocycles. The van der Waals surface area contributed by atoms with Gasteiger partial charge in [0.15, 0.2) is 14.9 Å². The Hall–Kier alpha value is -1.33. The van der Waals surface area contributed by atoms with Gasteiger partial charge in [0.25, 0.3) is 0 Å². The maximum absolute atomic E-state index is 12.6. The number of aromatic nitrogens is 1. The van der Waals surface area contributed by atoms with Gasteiger partial charge >= 0.3 is 0 Å². The Morgan fingerprint density at radius 3 is 2.75 bits per heavy atom. The van der Waals surface area contributed by atoms with Crippen molar-refractivity contribution < 1.29 is 13.2 Å². The first kappa shape index (κ1) is 15.1. The first-order chi connectivity index (χ1) is 9.50. The van der Waals surface area contributed by atoms with Gasteiger partial charge in [-0.3, -0.25) is 0 Å². The summed E-state index contributed by atoms with van der Waals surface area (Å²) in [5.74, 6) is 0.904. The summed E-state index contributed by atoms with van der Waals surface area (Å²) < 4.78 is 30.3. The summed E-state index contributed by atoms with van der Waals surface area (Å²) in [5, 5.41) is 0.918. The van der Waals surface area contributed by atoms with Crippen molar-refractivity contribution in [1.82, 2.24) is 4.98 Å². The highest BCUT2D eigenvalue weighted by Crippen LogP contribution is 2.28. The molecular weight excluding hydrogens is 298 g/mol. The van der Waals surface area contributed by atoms with E-state index in [-0.39, 0.29) is 5.03 Å². The zero-order valence-electron chi connectivity index (χ0n) is 11.3. The zero-order chi connectivity index (χ0) is 14.8. The molecule has 2 rings (SSSR count). The van der Waals surface area contributed by atoms with E-state index in [1.165, 1.54) is 6.20 Å². The lowest BCUT2D eigenvalue weighted by Crippen LogP contribution is -2.20. The number of ether oxygens (including phenoxy) is 1. The van der Waals surface area contributed by atoms with E-state index < -0.39 is 15.1 Å². The second-order valence-electron chi connectivity index (χ2n) is 4.54. The third-order valence-electron chi connectivity index (χ3n) is 3.25. The summed E-state index contributed by atoms with van der Waals surface area (Å²) in [6, 6.07) is 7.09. The predicted molar refractivity (Wildman–Crippen MR) is 80.3 cm³/mol. The first-order valence-corrected chi connectivity index (χ1v) is 8.31. The molecule has 1 unspecified atom stereocenters. The number of alkyl halides is 1. The molecule has 1 aromatic carbocycles. The number of hydrogen-bond acceptors (Lipinski definition) is 4. The maximum atomic E-state index is 12.6. The van der Waals surface area contributed by atoms with Crippen LogP contribution in [0.4, 0.5) is 0 Å². The second-order valence-corrected chi connectivity index (χ2v) is 7.20. The van der Waals surface area contributed by atoms with E-state index in [2.05, 4.69) is 4.98 Å². The van der Waals surface area contributed by atoms with Gasteiger partial charge in [-0.25, -0.2) is 13.4 Å². The molecule has 0 amide bonds. The van der Waals surface area contributed by atoms with E-state index >= 15 is 0 Å². The average molecular weight is 314 g/mol. The molecule has 0 aliphatic carbocycles. The van der Waals surface area contributed by atoms with E-state index in [1.54, 1.807) is 32.2 Å². The third-order valence-corrected chi connectivity index (χ3v) is 5.63. The Kier molecular flexibility index (Phi) is 4.50. The van der Waals surface area contributed by atoms with Gasteiger partial charge in [0.05, 0.1) is 12.4 Å². The molecule has 0 bridgehead atoms. The van der Waals surface area contributed by atoms with Crippen molar-refractivity contribution in [3.63, 3.8) is 0 Å². The minimum absolute atomic E-state index is 0.0894. The summed E-state index contributed by atoms with van der Waals surface area (Å²) in [5.41, 5.74) is 0. The molecule has 6 heteroatoms. The molecule has 20 heavy (non-hydrogen) atoms. The van der Waals surface area contributed by atoms with Crippen molar-refractivity contribution in [2.45, 2.75) is 23.6 Å². The van der Waals surface area contributed by atoms with Crippen LogP contribution in [0.3, 0.4) is 0 Å².